The van der Waals surface area contributed by atoms with Crippen LogP contribution in [0.3, 0.4) is 0 Å². The molecular weight excluding hydrogens is 396 g/mol. The third-order valence-corrected chi connectivity index (χ3v) is 4.31. The van der Waals surface area contributed by atoms with Crippen LogP contribution in [0.5, 0.6) is 5.75 Å². The molecule has 0 unspecified atom stereocenters. The minimum Gasteiger partial charge on any atom is -0.493 e. The van der Waals surface area contributed by atoms with Crippen LogP contribution in [0.4, 0.5) is 5.69 Å². The molecule has 0 aliphatic rings. The Morgan fingerprint density at radius 1 is 1.04 bits per heavy atom. The van der Waals surface area contributed by atoms with Gasteiger partial charge in [-0.2, -0.15) is 0 Å². The van der Waals surface area contributed by atoms with Gasteiger partial charge in [0.1, 0.15) is 5.75 Å². The summed E-state index contributed by atoms with van der Waals surface area (Å²) >= 11 is 3.40. The molecule has 138 valence electrons. The van der Waals surface area contributed by atoms with Gasteiger partial charge in [0.2, 0.25) is 0 Å². The minimum atomic E-state index is -0.253. The summed E-state index contributed by atoms with van der Waals surface area (Å²) < 4.78 is 6.17. The molecule has 26 heavy (non-hydrogen) atoms. The molecule has 5 nitrogen and oxygen atoms in total. The molecule has 2 aromatic rings. The Kier molecular flexibility index (Phi) is 7.66. The molecule has 6 heteroatoms. The molecule has 0 saturated carbocycles. The van der Waals surface area contributed by atoms with Crippen molar-refractivity contribution in [3.8, 4) is 5.75 Å². The summed E-state index contributed by atoms with van der Waals surface area (Å²) in [4.78, 5) is 24.6. The first kappa shape index (κ1) is 20.0. The molecule has 0 aliphatic heterocycles. The number of benzene rings is 2. The number of carbonyl (C=O) groups is 2. The van der Waals surface area contributed by atoms with Crippen LogP contribution in [-0.4, -0.2) is 25.0 Å². The first-order chi connectivity index (χ1) is 12.5. The van der Waals surface area contributed by atoms with E-state index in [0.717, 1.165) is 17.3 Å². The fourth-order valence-corrected chi connectivity index (χ4v) is 2.83. The Hall–Kier alpha value is -2.34. The summed E-state index contributed by atoms with van der Waals surface area (Å²) in [5.41, 5.74) is 1.59. The van der Waals surface area contributed by atoms with Crippen molar-refractivity contribution in [3.63, 3.8) is 0 Å². The Morgan fingerprint density at radius 3 is 2.50 bits per heavy atom. The first-order valence-electron chi connectivity index (χ1n) is 8.67. The summed E-state index contributed by atoms with van der Waals surface area (Å²) in [6.07, 6.45) is 1.96. The predicted molar refractivity (Wildman–Crippen MR) is 107 cm³/mol. The second-order valence-corrected chi connectivity index (χ2v) is 6.58. The van der Waals surface area contributed by atoms with E-state index in [1.807, 2.05) is 6.92 Å². The van der Waals surface area contributed by atoms with Gasteiger partial charge in [0.05, 0.1) is 11.1 Å². The van der Waals surface area contributed by atoms with Gasteiger partial charge in [0.25, 0.3) is 11.8 Å². The summed E-state index contributed by atoms with van der Waals surface area (Å²) in [6, 6.07) is 12.1. The molecule has 0 aliphatic carbocycles. The van der Waals surface area contributed by atoms with E-state index in [9.17, 15) is 9.59 Å². The Balaban J connectivity index is 2.06. The third kappa shape index (κ3) is 5.59. The molecule has 0 atom stereocenters. The van der Waals surface area contributed by atoms with Crippen molar-refractivity contribution in [1.82, 2.24) is 5.32 Å². The van der Waals surface area contributed by atoms with Crippen LogP contribution in [0.15, 0.2) is 46.9 Å². The maximum atomic E-state index is 12.5. The number of hydrogen-bond donors (Lipinski definition) is 2. The predicted octanol–water partition coefficient (Wildman–Crippen LogP) is 4.63. The van der Waals surface area contributed by atoms with Crippen LogP contribution < -0.4 is 15.4 Å². The Morgan fingerprint density at radius 2 is 1.81 bits per heavy atom. The van der Waals surface area contributed by atoms with E-state index >= 15 is 0 Å². The first-order valence-corrected chi connectivity index (χ1v) is 9.46. The SMILES string of the molecule is CCCCNC(=O)c1cccc(NC(=O)c2ccc(OCC)c(Br)c2)c1. The van der Waals surface area contributed by atoms with Gasteiger partial charge in [0, 0.05) is 23.4 Å². The molecule has 0 fully saturated rings. The van der Waals surface area contributed by atoms with E-state index in [1.54, 1.807) is 42.5 Å². The second-order valence-electron chi connectivity index (χ2n) is 5.72. The third-order valence-electron chi connectivity index (χ3n) is 3.69. The lowest BCUT2D eigenvalue weighted by molar-refractivity contribution is 0.0951. The molecule has 0 spiro atoms. The number of nitrogens with one attached hydrogen (secondary N) is 2. The standard InChI is InChI=1S/C20H23BrN2O3/c1-3-5-11-22-19(24)14-7-6-8-16(12-14)23-20(25)15-9-10-18(26-4-2)17(21)13-15/h6-10,12-13H,3-5,11H2,1-2H3,(H,22,24)(H,23,25). The van der Waals surface area contributed by atoms with Gasteiger partial charge in [-0.3, -0.25) is 9.59 Å². The monoisotopic (exact) mass is 418 g/mol. The maximum absolute atomic E-state index is 12.5. The van der Waals surface area contributed by atoms with Crippen LogP contribution in [0, 0.1) is 0 Å². The van der Waals surface area contributed by atoms with Crippen molar-refractivity contribution in [3.05, 3.63) is 58.1 Å². The Labute approximate surface area is 162 Å². The van der Waals surface area contributed by atoms with Crippen molar-refractivity contribution in [1.29, 1.82) is 0 Å². The van der Waals surface area contributed by atoms with E-state index < -0.39 is 0 Å². The van der Waals surface area contributed by atoms with Gasteiger partial charge in [0.15, 0.2) is 0 Å². The van der Waals surface area contributed by atoms with Crippen LogP contribution in [0.1, 0.15) is 47.4 Å². The summed E-state index contributed by atoms with van der Waals surface area (Å²) in [7, 11) is 0. The van der Waals surface area contributed by atoms with Crippen molar-refractivity contribution in [2.75, 3.05) is 18.5 Å². The van der Waals surface area contributed by atoms with Gasteiger partial charge in [-0.25, -0.2) is 0 Å². The van der Waals surface area contributed by atoms with Gasteiger partial charge >= 0.3 is 0 Å². The van der Waals surface area contributed by atoms with E-state index in [4.69, 9.17) is 4.74 Å². The lowest BCUT2D eigenvalue weighted by Gasteiger charge is -2.10. The van der Waals surface area contributed by atoms with E-state index in [1.165, 1.54) is 0 Å². The average molecular weight is 419 g/mol. The highest BCUT2D eigenvalue weighted by atomic mass is 79.9. The van der Waals surface area contributed by atoms with Crippen molar-refractivity contribution in [2.24, 2.45) is 0 Å². The molecule has 0 aromatic heterocycles. The van der Waals surface area contributed by atoms with E-state index in [0.29, 0.717) is 35.7 Å². The number of amides is 2. The van der Waals surface area contributed by atoms with Crippen LogP contribution in [0.25, 0.3) is 0 Å². The number of rotatable bonds is 8. The van der Waals surface area contributed by atoms with E-state index in [2.05, 4.69) is 33.5 Å². The molecule has 2 amide bonds. The summed E-state index contributed by atoms with van der Waals surface area (Å²) in [6.45, 7) is 5.17. The molecule has 2 N–H and O–H groups in total. The molecule has 0 radical (unpaired) electrons. The summed E-state index contributed by atoms with van der Waals surface area (Å²) in [5.74, 6) is 0.297. The van der Waals surface area contributed by atoms with E-state index in [-0.39, 0.29) is 11.8 Å². The number of halogens is 1. The molecule has 2 rings (SSSR count). The molecule has 0 heterocycles. The second kappa shape index (κ2) is 9.97. The highest BCUT2D eigenvalue weighted by molar-refractivity contribution is 9.10. The number of unbranched alkanes of at least 4 members (excludes halogenated alkanes) is 1. The molecule has 0 saturated heterocycles. The van der Waals surface area contributed by atoms with Gasteiger partial charge < -0.3 is 15.4 Å². The average Bonchev–Trinajstić information content (AvgIpc) is 2.64. The van der Waals surface area contributed by atoms with Crippen molar-refractivity contribution in [2.45, 2.75) is 26.7 Å². The summed E-state index contributed by atoms with van der Waals surface area (Å²) in [5, 5.41) is 5.68. The van der Waals surface area contributed by atoms with Gasteiger partial charge in [-0.05, 0) is 65.7 Å². The largest absolute Gasteiger partial charge is 0.493 e. The van der Waals surface area contributed by atoms with Gasteiger partial charge in [-0.1, -0.05) is 19.4 Å². The van der Waals surface area contributed by atoms with Gasteiger partial charge in [-0.15, -0.1) is 0 Å². The lowest BCUT2D eigenvalue weighted by Crippen LogP contribution is -2.24. The zero-order chi connectivity index (χ0) is 18.9. The minimum absolute atomic E-state index is 0.140. The van der Waals surface area contributed by atoms with Crippen molar-refractivity contribution < 1.29 is 14.3 Å². The number of carbonyl (C=O) groups excluding carboxylic acids is 2. The fourth-order valence-electron chi connectivity index (χ4n) is 2.34. The molecule has 0 bridgehead atoms. The normalized spacial score (nSPS) is 10.3. The smallest absolute Gasteiger partial charge is 0.255 e. The van der Waals surface area contributed by atoms with Crippen molar-refractivity contribution >= 4 is 33.4 Å². The zero-order valence-corrected chi connectivity index (χ0v) is 16.6. The number of anilines is 1. The van der Waals surface area contributed by atoms with Crippen LogP contribution in [0.2, 0.25) is 0 Å². The highest BCUT2D eigenvalue weighted by Gasteiger charge is 2.11. The van der Waals surface area contributed by atoms with Crippen LogP contribution >= 0.6 is 15.9 Å². The lowest BCUT2D eigenvalue weighted by atomic mass is 10.1. The maximum Gasteiger partial charge on any atom is 0.255 e. The fraction of sp³-hybridized carbons (Fsp3) is 0.300. The highest BCUT2D eigenvalue weighted by Crippen LogP contribution is 2.26. The molecular formula is C20H23BrN2O3. The Bertz CT molecular complexity index is 777. The zero-order valence-electron chi connectivity index (χ0n) is 15.0. The molecule has 2 aromatic carbocycles. The topological polar surface area (TPSA) is 67.4 Å². The quantitative estimate of drug-likeness (QED) is 0.613. The number of hydrogen-bond acceptors (Lipinski definition) is 3. The van der Waals surface area contributed by atoms with Crippen LogP contribution in [-0.2, 0) is 0 Å². The number of ether oxygens (including phenoxy) is 1.